The molecule has 3 aromatic rings. The molecule has 2 aliphatic rings. The van der Waals surface area contributed by atoms with Gasteiger partial charge in [0.05, 0.1) is 37.0 Å². The number of hydrogen-bond donors (Lipinski definition) is 0. The van der Waals surface area contributed by atoms with Gasteiger partial charge in [0.1, 0.15) is 11.6 Å². The summed E-state index contributed by atoms with van der Waals surface area (Å²) in [6, 6.07) is 9.89. The number of nitrogens with zero attached hydrogens (tertiary/aromatic N) is 4. The highest BCUT2D eigenvalue weighted by molar-refractivity contribution is 6.45. The van der Waals surface area contributed by atoms with Crippen molar-refractivity contribution in [2.75, 3.05) is 46.5 Å². The van der Waals surface area contributed by atoms with Crippen LogP contribution in [0.15, 0.2) is 42.6 Å². The number of amides is 2. The lowest BCUT2D eigenvalue weighted by molar-refractivity contribution is -0.130. The number of ether oxygens (including phenoxy) is 2. The van der Waals surface area contributed by atoms with Gasteiger partial charge in [-0.1, -0.05) is 12.1 Å². The minimum Gasteiger partial charge on any atom is -0.496 e. The first-order chi connectivity index (χ1) is 19.2. The molecule has 2 aromatic carbocycles. The fraction of sp³-hybridized carbons (Fsp3) is 0.433. The van der Waals surface area contributed by atoms with E-state index in [-0.39, 0.29) is 29.4 Å². The maximum atomic E-state index is 14.0. The number of hydrogen-bond acceptors (Lipinski definition) is 6. The molecule has 2 amide bonds. The fourth-order valence-electron chi connectivity index (χ4n) is 5.63. The van der Waals surface area contributed by atoms with Crippen LogP contribution in [0.4, 0.5) is 4.39 Å². The maximum Gasteiger partial charge on any atom is 0.295 e. The molecular weight excluding hydrogens is 515 g/mol. The third kappa shape index (κ3) is 5.33. The first-order valence-electron chi connectivity index (χ1n) is 13.6. The molecule has 1 aromatic heterocycles. The minimum atomic E-state index is -0.604. The number of methoxy groups -OCH3 is 1. The molecule has 2 saturated heterocycles. The van der Waals surface area contributed by atoms with Gasteiger partial charge in [0.25, 0.3) is 17.6 Å². The van der Waals surface area contributed by atoms with Crippen molar-refractivity contribution in [2.45, 2.75) is 32.5 Å². The van der Waals surface area contributed by atoms with Gasteiger partial charge in [-0.15, -0.1) is 0 Å². The van der Waals surface area contributed by atoms with Crippen molar-refractivity contribution in [3.63, 3.8) is 0 Å². The summed E-state index contributed by atoms with van der Waals surface area (Å²) in [5, 5.41) is 0.536. The van der Waals surface area contributed by atoms with Crippen molar-refractivity contribution in [3.8, 4) is 5.75 Å². The number of piperazine rings is 1. The zero-order valence-electron chi connectivity index (χ0n) is 23.4. The molecule has 5 rings (SSSR count). The number of halogens is 1. The Morgan fingerprint density at radius 1 is 1.00 bits per heavy atom. The number of Topliss-reactive ketones (excluding diaryl/α,β-unsaturated/α-hetero) is 1. The molecule has 40 heavy (non-hydrogen) atoms. The first kappa shape index (κ1) is 27.8. The molecule has 0 saturated carbocycles. The largest absolute Gasteiger partial charge is 0.496 e. The third-order valence-corrected chi connectivity index (χ3v) is 7.95. The van der Waals surface area contributed by atoms with Gasteiger partial charge in [-0.25, -0.2) is 4.39 Å². The predicted molar refractivity (Wildman–Crippen MR) is 148 cm³/mol. The summed E-state index contributed by atoms with van der Waals surface area (Å²) < 4.78 is 26.1. The van der Waals surface area contributed by atoms with Crippen molar-refractivity contribution >= 4 is 28.5 Å². The van der Waals surface area contributed by atoms with Crippen LogP contribution in [0.2, 0.25) is 0 Å². The standard InChI is InChI=1S/C30H35FN4O5/c1-19-16-35(20(2)15-34(19)17-21-5-7-22(31)8-6-21)29(37)24-13-23-25(18-32(3)26(23)14-27(24)39-4)28(36)30(38)33-9-11-40-12-10-33/h5-8,13-14,18-20H,9-12,15-17H2,1-4H3/t19-,20+/m0/s1. The second kappa shape index (κ2) is 11.4. The fourth-order valence-corrected chi connectivity index (χ4v) is 5.63. The number of benzene rings is 2. The molecule has 0 aliphatic carbocycles. The van der Waals surface area contributed by atoms with Crippen LogP contribution < -0.4 is 4.74 Å². The van der Waals surface area contributed by atoms with Crippen LogP contribution in [-0.4, -0.2) is 95.5 Å². The molecule has 10 heteroatoms. The number of aromatic nitrogens is 1. The highest BCUT2D eigenvalue weighted by atomic mass is 19.1. The Balaban J connectivity index is 1.41. The molecule has 0 unspecified atom stereocenters. The summed E-state index contributed by atoms with van der Waals surface area (Å²) in [5.41, 5.74) is 2.31. The summed E-state index contributed by atoms with van der Waals surface area (Å²) in [5.74, 6) is -1.22. The number of rotatable bonds is 6. The van der Waals surface area contributed by atoms with Crippen LogP contribution in [0, 0.1) is 5.82 Å². The Kier molecular flexibility index (Phi) is 7.91. The molecule has 0 spiro atoms. The molecule has 2 aliphatic heterocycles. The quantitative estimate of drug-likeness (QED) is 0.347. The van der Waals surface area contributed by atoms with Crippen LogP contribution in [0.1, 0.15) is 40.1 Å². The van der Waals surface area contributed by atoms with Gasteiger partial charge >= 0.3 is 0 Å². The minimum absolute atomic E-state index is 0.0694. The topological polar surface area (TPSA) is 84.3 Å². The van der Waals surface area contributed by atoms with E-state index in [9.17, 15) is 18.8 Å². The van der Waals surface area contributed by atoms with Crippen LogP contribution in [0.3, 0.4) is 0 Å². The number of morpholine rings is 1. The molecule has 212 valence electrons. The number of ketones is 1. The van der Waals surface area contributed by atoms with E-state index in [1.165, 1.54) is 24.1 Å². The SMILES string of the molecule is COc1cc2c(cc1C(=O)N1C[C@H](C)N(Cc3ccc(F)cc3)C[C@H]1C)c(C(=O)C(=O)N1CCOCC1)cn2C. The molecule has 0 N–H and O–H groups in total. The first-order valence-corrected chi connectivity index (χ1v) is 13.6. The highest BCUT2D eigenvalue weighted by Crippen LogP contribution is 2.32. The Bertz CT molecular complexity index is 1430. The van der Waals surface area contributed by atoms with E-state index in [4.69, 9.17) is 9.47 Å². The van der Waals surface area contributed by atoms with Crippen molar-refractivity contribution in [1.29, 1.82) is 0 Å². The number of carbonyl (C=O) groups is 3. The second-order valence-corrected chi connectivity index (χ2v) is 10.7. The summed E-state index contributed by atoms with van der Waals surface area (Å²) in [6.07, 6.45) is 1.64. The Morgan fingerprint density at radius 2 is 1.70 bits per heavy atom. The van der Waals surface area contributed by atoms with Crippen molar-refractivity contribution in [2.24, 2.45) is 7.05 Å². The van der Waals surface area contributed by atoms with Crippen molar-refractivity contribution in [1.82, 2.24) is 19.3 Å². The van der Waals surface area contributed by atoms with Crippen LogP contribution >= 0.6 is 0 Å². The molecule has 9 nitrogen and oxygen atoms in total. The maximum absolute atomic E-state index is 14.0. The number of carbonyl (C=O) groups excluding carboxylic acids is 3. The lowest BCUT2D eigenvalue weighted by Crippen LogP contribution is -2.57. The van der Waals surface area contributed by atoms with E-state index in [1.54, 1.807) is 42.1 Å². The highest BCUT2D eigenvalue weighted by Gasteiger charge is 2.34. The zero-order chi connectivity index (χ0) is 28.6. The normalized spacial score (nSPS) is 20.1. The van der Waals surface area contributed by atoms with Crippen LogP contribution in [-0.2, 0) is 23.1 Å². The molecule has 2 atom stereocenters. The smallest absolute Gasteiger partial charge is 0.295 e. The average Bonchev–Trinajstić information content (AvgIpc) is 3.29. The van der Waals surface area contributed by atoms with Gasteiger partial charge in [0.15, 0.2) is 0 Å². The Labute approximate surface area is 233 Å². The van der Waals surface area contributed by atoms with E-state index in [0.717, 1.165) is 5.56 Å². The summed E-state index contributed by atoms with van der Waals surface area (Å²) in [4.78, 5) is 45.9. The molecular formula is C30H35FN4O5. The van der Waals surface area contributed by atoms with E-state index >= 15 is 0 Å². The van der Waals surface area contributed by atoms with Gasteiger partial charge in [0.2, 0.25) is 0 Å². The lowest BCUT2D eigenvalue weighted by Gasteiger charge is -2.44. The number of fused-ring (bicyclic) bond motifs is 1. The van der Waals surface area contributed by atoms with Crippen molar-refractivity contribution in [3.05, 3.63) is 65.1 Å². The molecule has 2 fully saturated rings. The average molecular weight is 551 g/mol. The second-order valence-electron chi connectivity index (χ2n) is 10.7. The summed E-state index contributed by atoms with van der Waals surface area (Å²) >= 11 is 0. The Hall–Kier alpha value is -3.76. The molecule has 0 bridgehead atoms. The number of aryl methyl sites for hydroxylation is 1. The predicted octanol–water partition coefficient (Wildman–Crippen LogP) is 3.10. The van der Waals surface area contributed by atoms with Crippen LogP contribution in [0.5, 0.6) is 5.75 Å². The van der Waals surface area contributed by atoms with E-state index in [1.807, 2.05) is 11.8 Å². The summed E-state index contributed by atoms with van der Waals surface area (Å²) in [6.45, 7) is 7.43. The third-order valence-electron chi connectivity index (χ3n) is 7.95. The van der Waals surface area contributed by atoms with E-state index in [2.05, 4.69) is 11.8 Å². The Morgan fingerprint density at radius 3 is 2.38 bits per heavy atom. The molecule has 3 heterocycles. The van der Waals surface area contributed by atoms with Gasteiger partial charge in [0, 0.05) is 69.5 Å². The lowest BCUT2D eigenvalue weighted by atomic mass is 10.0. The molecule has 0 radical (unpaired) electrons. The van der Waals surface area contributed by atoms with Crippen molar-refractivity contribution < 1.29 is 28.2 Å². The monoisotopic (exact) mass is 550 g/mol. The summed E-state index contributed by atoms with van der Waals surface area (Å²) in [7, 11) is 3.31. The van der Waals surface area contributed by atoms with Gasteiger partial charge in [-0.05, 0) is 37.6 Å². The van der Waals surface area contributed by atoms with Gasteiger partial charge in [-0.3, -0.25) is 19.3 Å². The zero-order valence-corrected chi connectivity index (χ0v) is 23.4. The van der Waals surface area contributed by atoms with Gasteiger partial charge < -0.3 is 23.8 Å². The van der Waals surface area contributed by atoms with Crippen LogP contribution in [0.25, 0.3) is 10.9 Å². The van der Waals surface area contributed by atoms with Gasteiger partial charge in [-0.2, -0.15) is 0 Å². The van der Waals surface area contributed by atoms with E-state index in [0.29, 0.717) is 68.2 Å². The van der Waals surface area contributed by atoms with E-state index < -0.39 is 11.7 Å².